The molecule has 3 nitrogen and oxygen atoms in total. The Morgan fingerprint density at radius 1 is 0.864 bits per heavy atom. The molecule has 2 aromatic carbocycles. The maximum absolute atomic E-state index is 12.4. The number of benzene rings is 2. The largest absolute Gasteiger partial charge is 0.534 e. The fourth-order valence-electron chi connectivity index (χ4n) is 1.47. The van der Waals surface area contributed by atoms with E-state index >= 15 is 0 Å². The summed E-state index contributed by atoms with van der Waals surface area (Å²) in [4.78, 5) is 0. The molecular formula is C15H9F3O3S. The van der Waals surface area contributed by atoms with Crippen LogP contribution in [0.25, 0.3) is 0 Å². The predicted molar refractivity (Wildman–Crippen MR) is 74.5 cm³/mol. The van der Waals surface area contributed by atoms with Gasteiger partial charge in [0.25, 0.3) is 0 Å². The molecule has 0 atom stereocenters. The number of rotatable bonds is 2. The fourth-order valence-corrected chi connectivity index (χ4v) is 1.95. The molecule has 0 amide bonds. The molecule has 0 unspecified atom stereocenters. The third-order valence-electron chi connectivity index (χ3n) is 2.49. The van der Waals surface area contributed by atoms with Crippen molar-refractivity contribution >= 4 is 10.1 Å². The summed E-state index contributed by atoms with van der Waals surface area (Å²) in [7, 11) is -5.72. The molecule has 114 valence electrons. The van der Waals surface area contributed by atoms with Crippen LogP contribution in [0.15, 0.2) is 54.6 Å². The Balaban J connectivity index is 2.35. The van der Waals surface area contributed by atoms with E-state index < -0.39 is 21.4 Å². The van der Waals surface area contributed by atoms with Crippen molar-refractivity contribution in [3.63, 3.8) is 0 Å². The SMILES string of the molecule is O=S(=O)(Oc1ccccc1C#Cc1ccccc1)C(F)(F)F. The van der Waals surface area contributed by atoms with Gasteiger partial charge >= 0.3 is 15.6 Å². The standard InChI is InChI=1S/C15H9F3O3S/c16-15(17,18)22(19,20)21-14-9-5-4-8-13(14)11-10-12-6-2-1-3-7-12/h1-9H. The van der Waals surface area contributed by atoms with E-state index in [4.69, 9.17) is 0 Å². The molecule has 0 radical (unpaired) electrons. The van der Waals surface area contributed by atoms with Gasteiger partial charge in [0, 0.05) is 5.56 Å². The summed E-state index contributed by atoms with van der Waals surface area (Å²) in [6.07, 6.45) is 0. The molecule has 0 aliphatic carbocycles. The van der Waals surface area contributed by atoms with Crippen LogP contribution in [-0.4, -0.2) is 13.9 Å². The summed E-state index contributed by atoms with van der Waals surface area (Å²) >= 11 is 0. The molecule has 0 fully saturated rings. The highest BCUT2D eigenvalue weighted by Crippen LogP contribution is 2.28. The maximum atomic E-state index is 12.4. The zero-order chi connectivity index (χ0) is 16.2. The van der Waals surface area contributed by atoms with Gasteiger partial charge in [-0.2, -0.15) is 21.6 Å². The number of alkyl halides is 3. The molecule has 0 aliphatic heterocycles. The normalized spacial score (nSPS) is 11.4. The summed E-state index contributed by atoms with van der Waals surface area (Å²) in [5, 5.41) is 0. The summed E-state index contributed by atoms with van der Waals surface area (Å²) in [5.74, 6) is 4.85. The molecule has 0 bridgehead atoms. The molecule has 0 saturated heterocycles. The van der Waals surface area contributed by atoms with Crippen LogP contribution in [0.3, 0.4) is 0 Å². The van der Waals surface area contributed by atoms with Gasteiger partial charge in [0.1, 0.15) is 0 Å². The smallest absolute Gasteiger partial charge is 0.375 e. The van der Waals surface area contributed by atoms with E-state index in [0.717, 1.165) is 6.07 Å². The van der Waals surface area contributed by atoms with E-state index in [9.17, 15) is 21.6 Å². The van der Waals surface area contributed by atoms with Crippen molar-refractivity contribution in [2.24, 2.45) is 0 Å². The van der Waals surface area contributed by atoms with Crippen LogP contribution in [-0.2, 0) is 10.1 Å². The first-order chi connectivity index (χ1) is 10.3. The Hall–Kier alpha value is -2.46. The van der Waals surface area contributed by atoms with Gasteiger partial charge in [-0.3, -0.25) is 0 Å². The van der Waals surface area contributed by atoms with Crippen LogP contribution in [0.1, 0.15) is 11.1 Å². The van der Waals surface area contributed by atoms with Gasteiger partial charge in [-0.05, 0) is 24.3 Å². The maximum Gasteiger partial charge on any atom is 0.534 e. The van der Waals surface area contributed by atoms with Crippen LogP contribution >= 0.6 is 0 Å². The molecule has 2 aromatic rings. The predicted octanol–water partition coefficient (Wildman–Crippen LogP) is 3.31. The Morgan fingerprint density at radius 3 is 2.09 bits per heavy atom. The van der Waals surface area contributed by atoms with Gasteiger partial charge in [0.15, 0.2) is 5.75 Å². The van der Waals surface area contributed by atoms with Gasteiger partial charge < -0.3 is 4.18 Å². The van der Waals surface area contributed by atoms with Crippen LogP contribution in [0.5, 0.6) is 5.75 Å². The third kappa shape index (κ3) is 3.80. The number of halogens is 3. The zero-order valence-electron chi connectivity index (χ0n) is 11.0. The van der Waals surface area contributed by atoms with E-state index in [-0.39, 0.29) is 5.56 Å². The Morgan fingerprint density at radius 2 is 1.45 bits per heavy atom. The Kier molecular flexibility index (Phi) is 4.43. The van der Waals surface area contributed by atoms with Crippen molar-refractivity contribution in [1.82, 2.24) is 0 Å². The van der Waals surface area contributed by atoms with Gasteiger partial charge in [-0.15, -0.1) is 0 Å². The monoisotopic (exact) mass is 326 g/mol. The average Bonchev–Trinajstić information content (AvgIpc) is 2.46. The van der Waals surface area contributed by atoms with E-state index in [0.29, 0.717) is 5.56 Å². The molecule has 22 heavy (non-hydrogen) atoms. The second-order valence-electron chi connectivity index (χ2n) is 4.10. The lowest BCUT2D eigenvalue weighted by Crippen LogP contribution is -2.28. The lowest BCUT2D eigenvalue weighted by molar-refractivity contribution is -0.0500. The molecule has 0 N–H and O–H groups in total. The van der Waals surface area contributed by atoms with E-state index in [1.165, 1.54) is 18.2 Å². The molecule has 0 saturated carbocycles. The van der Waals surface area contributed by atoms with Crippen LogP contribution in [0.2, 0.25) is 0 Å². The van der Waals surface area contributed by atoms with Gasteiger partial charge in [0.05, 0.1) is 5.56 Å². The molecule has 0 heterocycles. The lowest BCUT2D eigenvalue weighted by Gasteiger charge is -2.10. The van der Waals surface area contributed by atoms with Crippen LogP contribution in [0.4, 0.5) is 13.2 Å². The van der Waals surface area contributed by atoms with E-state index in [1.807, 2.05) is 0 Å². The second kappa shape index (κ2) is 6.12. The number of hydrogen-bond donors (Lipinski definition) is 0. The third-order valence-corrected chi connectivity index (χ3v) is 3.45. The van der Waals surface area contributed by atoms with Crippen LogP contribution in [0, 0.1) is 11.8 Å². The highest BCUT2D eigenvalue weighted by atomic mass is 32.2. The minimum atomic E-state index is -5.72. The quantitative estimate of drug-likeness (QED) is 0.483. The molecular weight excluding hydrogens is 317 g/mol. The van der Waals surface area contributed by atoms with E-state index in [1.54, 1.807) is 30.3 Å². The Labute approximate surface area is 125 Å². The minimum absolute atomic E-state index is 0.0409. The first kappa shape index (κ1) is 15.9. The summed E-state index contributed by atoms with van der Waals surface area (Å²) < 4.78 is 63.3. The molecule has 7 heteroatoms. The lowest BCUT2D eigenvalue weighted by atomic mass is 10.1. The van der Waals surface area contributed by atoms with Gasteiger partial charge in [0.2, 0.25) is 0 Å². The number of para-hydroxylation sites is 1. The summed E-state index contributed by atoms with van der Waals surface area (Å²) in [5.41, 5.74) is -4.82. The van der Waals surface area contributed by atoms with Gasteiger partial charge in [-0.1, -0.05) is 42.2 Å². The van der Waals surface area contributed by atoms with Crippen LogP contribution < -0.4 is 4.18 Å². The summed E-state index contributed by atoms with van der Waals surface area (Å²) in [6, 6.07) is 14.1. The second-order valence-corrected chi connectivity index (χ2v) is 5.63. The molecule has 2 rings (SSSR count). The Bertz CT molecular complexity index is 816. The average molecular weight is 326 g/mol. The highest BCUT2D eigenvalue weighted by Gasteiger charge is 2.48. The molecule has 0 aliphatic rings. The topological polar surface area (TPSA) is 43.4 Å². The van der Waals surface area contributed by atoms with Crippen molar-refractivity contribution in [2.45, 2.75) is 5.51 Å². The van der Waals surface area contributed by atoms with Crippen molar-refractivity contribution < 1.29 is 25.8 Å². The first-order valence-electron chi connectivity index (χ1n) is 5.96. The molecule has 0 aromatic heterocycles. The van der Waals surface area contributed by atoms with E-state index in [2.05, 4.69) is 16.0 Å². The molecule has 0 spiro atoms. The van der Waals surface area contributed by atoms with Crippen molar-refractivity contribution in [3.05, 3.63) is 65.7 Å². The minimum Gasteiger partial charge on any atom is -0.375 e. The summed E-state index contributed by atoms with van der Waals surface area (Å²) in [6.45, 7) is 0. The first-order valence-corrected chi connectivity index (χ1v) is 7.37. The van der Waals surface area contributed by atoms with Crippen molar-refractivity contribution in [1.29, 1.82) is 0 Å². The highest BCUT2D eigenvalue weighted by molar-refractivity contribution is 7.88. The number of hydrogen-bond acceptors (Lipinski definition) is 3. The van der Waals surface area contributed by atoms with Gasteiger partial charge in [-0.25, -0.2) is 0 Å². The zero-order valence-corrected chi connectivity index (χ0v) is 11.8. The van der Waals surface area contributed by atoms with Crippen molar-refractivity contribution in [3.8, 4) is 17.6 Å². The van der Waals surface area contributed by atoms with Crippen molar-refractivity contribution in [2.75, 3.05) is 0 Å². The fraction of sp³-hybridized carbons (Fsp3) is 0.0667.